The smallest absolute Gasteiger partial charge is 0.299 e. The molecule has 0 fully saturated rings. The molecule has 122 valence electrons. The lowest BCUT2D eigenvalue weighted by molar-refractivity contribution is -0.393. The van der Waals surface area contributed by atoms with E-state index >= 15 is 0 Å². The molecule has 1 rings (SSSR count). The van der Waals surface area contributed by atoms with Crippen LogP contribution < -0.4 is 5.32 Å². The predicted molar refractivity (Wildman–Crippen MR) is 85.2 cm³/mol. The first-order valence-electron chi connectivity index (χ1n) is 7.05. The monoisotopic (exact) mass is 310 g/mol. The summed E-state index contributed by atoms with van der Waals surface area (Å²) in [6.45, 7) is 4.76. The molecule has 1 aromatic carbocycles. The van der Waals surface area contributed by atoms with Gasteiger partial charge in [-0.1, -0.05) is 13.8 Å². The lowest BCUT2D eigenvalue weighted by atomic mass is 10.0. The van der Waals surface area contributed by atoms with Gasteiger partial charge in [-0.05, 0) is 32.5 Å². The largest absolute Gasteiger partial charge is 0.378 e. The molecular weight excluding hydrogens is 288 g/mol. The van der Waals surface area contributed by atoms with E-state index in [1.165, 1.54) is 12.1 Å². The van der Waals surface area contributed by atoms with Gasteiger partial charge in [-0.25, -0.2) is 0 Å². The average Bonchev–Trinajstić information content (AvgIpc) is 2.42. The molecule has 1 atom stereocenters. The number of nitro groups is 2. The molecule has 1 unspecified atom stereocenters. The Morgan fingerprint density at radius 3 is 2.27 bits per heavy atom. The number of hydrogen-bond donors (Lipinski definition) is 1. The van der Waals surface area contributed by atoms with Crippen molar-refractivity contribution in [2.45, 2.75) is 26.3 Å². The van der Waals surface area contributed by atoms with Gasteiger partial charge in [0.1, 0.15) is 5.69 Å². The van der Waals surface area contributed by atoms with Crippen LogP contribution in [0.2, 0.25) is 0 Å². The van der Waals surface area contributed by atoms with E-state index in [4.69, 9.17) is 0 Å². The van der Waals surface area contributed by atoms with Gasteiger partial charge in [-0.2, -0.15) is 0 Å². The molecule has 0 spiro atoms. The average molecular weight is 310 g/mol. The van der Waals surface area contributed by atoms with Crippen molar-refractivity contribution >= 4 is 17.1 Å². The van der Waals surface area contributed by atoms with Crippen molar-refractivity contribution in [3.05, 3.63) is 38.4 Å². The van der Waals surface area contributed by atoms with Crippen molar-refractivity contribution in [2.75, 3.05) is 26.0 Å². The number of benzene rings is 1. The van der Waals surface area contributed by atoms with Crippen LogP contribution in [0.4, 0.5) is 17.1 Å². The summed E-state index contributed by atoms with van der Waals surface area (Å²) in [4.78, 5) is 22.6. The highest BCUT2D eigenvalue weighted by molar-refractivity contribution is 5.65. The Morgan fingerprint density at radius 1 is 1.18 bits per heavy atom. The Labute approximate surface area is 129 Å². The lowest BCUT2D eigenvalue weighted by Gasteiger charge is -2.26. The van der Waals surface area contributed by atoms with Crippen molar-refractivity contribution in [3.63, 3.8) is 0 Å². The van der Waals surface area contributed by atoms with Gasteiger partial charge in [0.15, 0.2) is 0 Å². The Kier molecular flexibility index (Phi) is 6.24. The minimum absolute atomic E-state index is 0.217. The molecule has 0 heterocycles. The van der Waals surface area contributed by atoms with Crippen molar-refractivity contribution < 1.29 is 9.85 Å². The summed E-state index contributed by atoms with van der Waals surface area (Å²) < 4.78 is 0. The maximum atomic E-state index is 11.1. The fraction of sp³-hybridized carbons (Fsp3) is 0.571. The van der Waals surface area contributed by atoms with Crippen LogP contribution >= 0.6 is 0 Å². The Bertz CT molecular complexity index is 546. The highest BCUT2D eigenvalue weighted by Gasteiger charge is 2.21. The third-order valence-electron chi connectivity index (χ3n) is 3.39. The van der Waals surface area contributed by atoms with E-state index in [1.54, 1.807) is 0 Å². The molecule has 0 aromatic heterocycles. The summed E-state index contributed by atoms with van der Waals surface area (Å²) in [7, 11) is 3.91. The summed E-state index contributed by atoms with van der Waals surface area (Å²) in [5.74, 6) is 0.501. The summed E-state index contributed by atoms with van der Waals surface area (Å²) in [6.07, 6.45) is 0.945. The zero-order valence-corrected chi connectivity index (χ0v) is 13.3. The van der Waals surface area contributed by atoms with Gasteiger partial charge in [0, 0.05) is 18.7 Å². The van der Waals surface area contributed by atoms with Crippen molar-refractivity contribution in [3.8, 4) is 0 Å². The number of nitrogens with one attached hydrogen (secondary N) is 1. The zero-order chi connectivity index (χ0) is 16.9. The van der Waals surface area contributed by atoms with Crippen molar-refractivity contribution in [1.29, 1.82) is 0 Å². The number of anilines is 1. The lowest BCUT2D eigenvalue weighted by Crippen LogP contribution is -2.35. The van der Waals surface area contributed by atoms with E-state index < -0.39 is 9.85 Å². The second kappa shape index (κ2) is 7.69. The first kappa shape index (κ1) is 17.8. The van der Waals surface area contributed by atoms with Crippen LogP contribution in [0.3, 0.4) is 0 Å². The number of nitro benzene ring substituents is 2. The molecule has 0 aliphatic rings. The minimum Gasteiger partial charge on any atom is -0.378 e. The molecule has 0 aliphatic heterocycles. The Morgan fingerprint density at radius 2 is 1.82 bits per heavy atom. The fourth-order valence-corrected chi connectivity index (χ4v) is 2.18. The molecule has 0 bridgehead atoms. The van der Waals surface area contributed by atoms with Gasteiger partial charge >= 0.3 is 0 Å². The van der Waals surface area contributed by atoms with Crippen LogP contribution in [0.15, 0.2) is 18.2 Å². The summed E-state index contributed by atoms with van der Waals surface area (Å²) in [5.41, 5.74) is -0.272. The number of rotatable bonds is 8. The van der Waals surface area contributed by atoms with Crippen LogP contribution in [0.25, 0.3) is 0 Å². The number of hydrogen-bond acceptors (Lipinski definition) is 6. The third-order valence-corrected chi connectivity index (χ3v) is 3.39. The summed E-state index contributed by atoms with van der Waals surface area (Å²) >= 11 is 0. The third kappa shape index (κ3) is 4.96. The van der Waals surface area contributed by atoms with E-state index in [0.717, 1.165) is 12.5 Å². The van der Waals surface area contributed by atoms with E-state index in [0.29, 0.717) is 18.2 Å². The second-order valence-corrected chi connectivity index (χ2v) is 5.84. The Balaban J connectivity index is 2.92. The minimum atomic E-state index is -0.641. The van der Waals surface area contributed by atoms with Crippen LogP contribution in [0.1, 0.15) is 20.3 Å². The number of non-ortho nitro benzene ring substituents is 1. The quantitative estimate of drug-likeness (QED) is 0.585. The molecule has 1 N–H and O–H groups in total. The van der Waals surface area contributed by atoms with E-state index in [-0.39, 0.29) is 17.4 Å². The normalized spacial score (nSPS) is 12.5. The van der Waals surface area contributed by atoms with E-state index in [1.807, 2.05) is 14.1 Å². The molecule has 22 heavy (non-hydrogen) atoms. The number of nitrogens with zero attached hydrogens (tertiary/aromatic N) is 3. The molecule has 0 aliphatic carbocycles. The second-order valence-electron chi connectivity index (χ2n) is 5.84. The van der Waals surface area contributed by atoms with Crippen LogP contribution in [0.5, 0.6) is 0 Å². The van der Waals surface area contributed by atoms with Crippen LogP contribution in [-0.4, -0.2) is 41.4 Å². The molecule has 8 heteroatoms. The molecule has 0 saturated carbocycles. The molecule has 0 saturated heterocycles. The van der Waals surface area contributed by atoms with Gasteiger partial charge in [0.05, 0.1) is 15.9 Å². The first-order chi connectivity index (χ1) is 10.2. The fourth-order valence-electron chi connectivity index (χ4n) is 2.18. The maximum absolute atomic E-state index is 11.1. The van der Waals surface area contributed by atoms with Crippen LogP contribution in [-0.2, 0) is 0 Å². The van der Waals surface area contributed by atoms with Crippen molar-refractivity contribution in [1.82, 2.24) is 4.90 Å². The molecule has 0 radical (unpaired) electrons. The van der Waals surface area contributed by atoms with Gasteiger partial charge in [0.25, 0.3) is 11.4 Å². The standard InChI is InChI=1S/C14H22N4O4/c1-10(2)7-12(16(3)4)9-15-13-6-5-11(17(19)20)8-14(13)18(21)22/h5-6,8,10,12,15H,7,9H2,1-4H3. The van der Waals surface area contributed by atoms with Crippen molar-refractivity contribution in [2.24, 2.45) is 5.92 Å². The molecular formula is C14H22N4O4. The molecule has 1 aromatic rings. The van der Waals surface area contributed by atoms with Crippen LogP contribution in [0, 0.1) is 26.1 Å². The summed E-state index contributed by atoms with van der Waals surface area (Å²) in [5, 5.41) is 24.8. The van der Waals surface area contributed by atoms with Gasteiger partial charge in [0.2, 0.25) is 0 Å². The van der Waals surface area contributed by atoms with Gasteiger partial charge in [-0.15, -0.1) is 0 Å². The van der Waals surface area contributed by atoms with Gasteiger partial charge < -0.3 is 10.2 Å². The topological polar surface area (TPSA) is 102 Å². The highest BCUT2D eigenvalue weighted by atomic mass is 16.6. The first-order valence-corrected chi connectivity index (χ1v) is 7.05. The molecule has 8 nitrogen and oxygen atoms in total. The SMILES string of the molecule is CC(C)CC(CNc1ccc([N+](=O)[O-])cc1[N+](=O)[O-])N(C)C. The predicted octanol–water partition coefficient (Wildman–Crippen LogP) is 2.89. The van der Waals surface area contributed by atoms with Gasteiger partial charge in [-0.3, -0.25) is 20.2 Å². The summed E-state index contributed by atoms with van der Waals surface area (Å²) in [6, 6.07) is 3.85. The zero-order valence-electron chi connectivity index (χ0n) is 13.3. The number of likely N-dealkylation sites (N-methyl/N-ethyl adjacent to an activating group) is 1. The van der Waals surface area contributed by atoms with E-state index in [9.17, 15) is 20.2 Å². The Hall–Kier alpha value is -2.22. The van der Waals surface area contributed by atoms with E-state index in [2.05, 4.69) is 24.1 Å². The highest BCUT2D eigenvalue weighted by Crippen LogP contribution is 2.29. The maximum Gasteiger partial charge on any atom is 0.299 e. The molecule has 0 amide bonds.